The van der Waals surface area contributed by atoms with Gasteiger partial charge in [-0.05, 0) is 17.7 Å². The SMILES string of the molecule is Cl.Oc1ccc([C@H](CF)N2CCNCC2)cc1. The molecule has 1 aliphatic heterocycles. The molecule has 1 saturated heterocycles. The third-order valence-electron chi connectivity index (χ3n) is 3.02. The third kappa shape index (κ3) is 3.56. The van der Waals surface area contributed by atoms with Crippen LogP contribution in [-0.2, 0) is 0 Å². The lowest BCUT2D eigenvalue weighted by atomic mass is 10.1. The minimum absolute atomic E-state index is 0. The van der Waals surface area contributed by atoms with Gasteiger partial charge in [-0.15, -0.1) is 12.4 Å². The molecule has 1 fully saturated rings. The molecule has 0 saturated carbocycles. The van der Waals surface area contributed by atoms with E-state index in [1.165, 1.54) is 0 Å². The van der Waals surface area contributed by atoms with Crippen molar-refractivity contribution in [1.82, 2.24) is 10.2 Å². The summed E-state index contributed by atoms with van der Waals surface area (Å²) in [5.41, 5.74) is 0.933. The van der Waals surface area contributed by atoms with E-state index in [4.69, 9.17) is 0 Å². The molecule has 0 bridgehead atoms. The molecule has 0 radical (unpaired) electrons. The minimum atomic E-state index is -0.384. The van der Waals surface area contributed by atoms with Gasteiger partial charge in [0, 0.05) is 26.2 Å². The summed E-state index contributed by atoms with van der Waals surface area (Å²) < 4.78 is 13.1. The number of phenols is 1. The van der Waals surface area contributed by atoms with Crippen LogP contribution in [0.5, 0.6) is 5.75 Å². The number of halogens is 2. The Morgan fingerprint density at radius 3 is 2.35 bits per heavy atom. The Bertz CT molecular complexity index is 328. The summed E-state index contributed by atoms with van der Waals surface area (Å²) >= 11 is 0. The molecule has 1 aliphatic rings. The monoisotopic (exact) mass is 260 g/mol. The van der Waals surface area contributed by atoms with E-state index >= 15 is 0 Å². The van der Waals surface area contributed by atoms with E-state index in [2.05, 4.69) is 10.2 Å². The highest BCUT2D eigenvalue weighted by Gasteiger charge is 2.21. The van der Waals surface area contributed by atoms with Crippen molar-refractivity contribution in [2.75, 3.05) is 32.9 Å². The second-order valence-corrected chi connectivity index (χ2v) is 4.05. The van der Waals surface area contributed by atoms with Crippen LogP contribution in [0, 0.1) is 0 Å². The molecular formula is C12H18ClFN2O. The molecule has 1 aromatic carbocycles. The molecule has 2 rings (SSSR count). The maximum absolute atomic E-state index is 13.1. The molecule has 0 unspecified atom stereocenters. The maximum atomic E-state index is 13.1. The van der Waals surface area contributed by atoms with Gasteiger partial charge >= 0.3 is 0 Å². The zero-order chi connectivity index (χ0) is 11.4. The number of benzene rings is 1. The number of alkyl halides is 1. The Hall–Kier alpha value is -0.840. The number of nitrogens with zero attached hydrogens (tertiary/aromatic N) is 1. The van der Waals surface area contributed by atoms with E-state index < -0.39 is 0 Å². The standard InChI is InChI=1S/C12H17FN2O.ClH/c13-9-12(15-7-5-14-6-8-15)10-1-3-11(16)4-2-10;/h1-4,12,14,16H,5-9H2;1H/t12-;/m0./s1. The average Bonchev–Trinajstić information content (AvgIpc) is 2.34. The highest BCUT2D eigenvalue weighted by atomic mass is 35.5. The van der Waals surface area contributed by atoms with Crippen LogP contribution in [0.4, 0.5) is 4.39 Å². The van der Waals surface area contributed by atoms with Crippen molar-refractivity contribution in [2.24, 2.45) is 0 Å². The Balaban J connectivity index is 0.00000144. The second-order valence-electron chi connectivity index (χ2n) is 4.05. The quantitative estimate of drug-likeness (QED) is 0.869. The van der Waals surface area contributed by atoms with E-state index in [9.17, 15) is 9.50 Å². The number of hydrogen-bond acceptors (Lipinski definition) is 3. The van der Waals surface area contributed by atoms with Crippen LogP contribution in [0.1, 0.15) is 11.6 Å². The smallest absolute Gasteiger partial charge is 0.115 e. The predicted molar refractivity (Wildman–Crippen MR) is 68.5 cm³/mol. The molecule has 3 nitrogen and oxygen atoms in total. The van der Waals surface area contributed by atoms with Crippen LogP contribution in [-0.4, -0.2) is 42.9 Å². The van der Waals surface area contributed by atoms with Gasteiger partial charge in [0.1, 0.15) is 12.4 Å². The summed E-state index contributed by atoms with van der Waals surface area (Å²) in [4.78, 5) is 2.14. The number of nitrogens with one attached hydrogen (secondary N) is 1. The van der Waals surface area contributed by atoms with Gasteiger partial charge in [0.2, 0.25) is 0 Å². The minimum Gasteiger partial charge on any atom is -0.508 e. The molecule has 0 aliphatic carbocycles. The number of piperazine rings is 1. The van der Waals surface area contributed by atoms with Crippen LogP contribution in [0.15, 0.2) is 24.3 Å². The van der Waals surface area contributed by atoms with Crippen LogP contribution >= 0.6 is 12.4 Å². The largest absolute Gasteiger partial charge is 0.508 e. The lowest BCUT2D eigenvalue weighted by Gasteiger charge is -2.33. The van der Waals surface area contributed by atoms with Gasteiger partial charge in [-0.25, -0.2) is 4.39 Å². The first kappa shape index (κ1) is 14.2. The van der Waals surface area contributed by atoms with Gasteiger partial charge in [-0.3, -0.25) is 4.90 Å². The number of hydrogen-bond donors (Lipinski definition) is 2. The third-order valence-corrected chi connectivity index (χ3v) is 3.02. The molecule has 0 spiro atoms. The first-order valence-electron chi connectivity index (χ1n) is 5.61. The zero-order valence-electron chi connectivity index (χ0n) is 9.60. The summed E-state index contributed by atoms with van der Waals surface area (Å²) in [5.74, 6) is 0.224. The molecular weight excluding hydrogens is 243 g/mol. The van der Waals surface area contributed by atoms with Crippen molar-refractivity contribution in [3.8, 4) is 5.75 Å². The summed E-state index contributed by atoms with van der Waals surface area (Å²) in [6.45, 7) is 3.18. The van der Waals surface area contributed by atoms with Gasteiger partial charge in [0.05, 0.1) is 6.04 Å². The van der Waals surface area contributed by atoms with E-state index in [0.717, 1.165) is 31.7 Å². The fraction of sp³-hybridized carbons (Fsp3) is 0.500. The van der Waals surface area contributed by atoms with Gasteiger partial charge in [0.25, 0.3) is 0 Å². The molecule has 5 heteroatoms. The molecule has 2 N–H and O–H groups in total. The van der Waals surface area contributed by atoms with Crippen LogP contribution in [0.3, 0.4) is 0 Å². The number of phenolic OH excluding ortho intramolecular Hbond substituents is 1. The first-order chi connectivity index (χ1) is 7.81. The number of rotatable bonds is 3. The lowest BCUT2D eigenvalue weighted by molar-refractivity contribution is 0.147. The van der Waals surface area contributed by atoms with E-state index in [1.54, 1.807) is 24.3 Å². The fourth-order valence-corrected chi connectivity index (χ4v) is 2.09. The van der Waals surface area contributed by atoms with Crippen molar-refractivity contribution in [2.45, 2.75) is 6.04 Å². The van der Waals surface area contributed by atoms with Gasteiger partial charge in [-0.1, -0.05) is 12.1 Å². The second kappa shape index (κ2) is 6.79. The summed E-state index contributed by atoms with van der Waals surface area (Å²) in [6.07, 6.45) is 0. The van der Waals surface area contributed by atoms with Crippen molar-refractivity contribution in [1.29, 1.82) is 0 Å². The predicted octanol–water partition coefficient (Wildman–Crippen LogP) is 1.73. The molecule has 0 aromatic heterocycles. The molecule has 1 aromatic rings. The maximum Gasteiger partial charge on any atom is 0.115 e. The molecule has 1 heterocycles. The molecule has 17 heavy (non-hydrogen) atoms. The number of aromatic hydroxyl groups is 1. The lowest BCUT2D eigenvalue weighted by Crippen LogP contribution is -2.45. The van der Waals surface area contributed by atoms with Crippen LogP contribution < -0.4 is 5.32 Å². The average molecular weight is 261 g/mol. The van der Waals surface area contributed by atoms with Crippen molar-refractivity contribution < 1.29 is 9.50 Å². The normalized spacial score (nSPS) is 18.4. The topological polar surface area (TPSA) is 35.5 Å². The molecule has 1 atom stereocenters. The molecule has 0 amide bonds. The van der Waals surface area contributed by atoms with Gasteiger partial charge in [-0.2, -0.15) is 0 Å². The Labute approximate surface area is 107 Å². The molecule has 96 valence electrons. The summed E-state index contributed by atoms with van der Waals surface area (Å²) in [6, 6.07) is 6.63. The Kier molecular flexibility index (Phi) is 5.68. The van der Waals surface area contributed by atoms with Gasteiger partial charge in [0.15, 0.2) is 0 Å². The van der Waals surface area contributed by atoms with Crippen LogP contribution in [0.25, 0.3) is 0 Å². The van der Waals surface area contributed by atoms with Crippen molar-refractivity contribution in [3.05, 3.63) is 29.8 Å². The first-order valence-corrected chi connectivity index (χ1v) is 5.61. The Morgan fingerprint density at radius 2 is 1.82 bits per heavy atom. The van der Waals surface area contributed by atoms with E-state index in [-0.39, 0.29) is 30.9 Å². The Morgan fingerprint density at radius 1 is 1.24 bits per heavy atom. The highest BCUT2D eigenvalue weighted by molar-refractivity contribution is 5.85. The van der Waals surface area contributed by atoms with Crippen molar-refractivity contribution >= 4 is 12.4 Å². The highest BCUT2D eigenvalue weighted by Crippen LogP contribution is 2.23. The van der Waals surface area contributed by atoms with E-state index in [0.29, 0.717) is 0 Å². The zero-order valence-corrected chi connectivity index (χ0v) is 10.4. The summed E-state index contributed by atoms with van der Waals surface area (Å²) in [7, 11) is 0. The fourth-order valence-electron chi connectivity index (χ4n) is 2.09. The van der Waals surface area contributed by atoms with Gasteiger partial charge < -0.3 is 10.4 Å². The van der Waals surface area contributed by atoms with E-state index in [1.807, 2.05) is 0 Å². The van der Waals surface area contributed by atoms with Crippen LogP contribution in [0.2, 0.25) is 0 Å². The summed E-state index contributed by atoms with van der Waals surface area (Å²) in [5, 5.41) is 12.5. The van der Waals surface area contributed by atoms with Crippen molar-refractivity contribution in [3.63, 3.8) is 0 Å².